The third-order valence-electron chi connectivity index (χ3n) is 4.84. The highest BCUT2D eigenvalue weighted by molar-refractivity contribution is 6.04. The van der Waals surface area contributed by atoms with Crippen LogP contribution in [0.5, 0.6) is 0 Å². The lowest BCUT2D eigenvalue weighted by Crippen LogP contribution is -2.15. The Morgan fingerprint density at radius 3 is 2.30 bits per heavy atom. The predicted octanol–water partition coefficient (Wildman–Crippen LogP) is 5.35. The maximum atomic E-state index is 12.8. The smallest absolute Gasteiger partial charge is 0.256 e. The van der Waals surface area contributed by atoms with Gasteiger partial charge >= 0.3 is 0 Å². The van der Waals surface area contributed by atoms with Crippen LogP contribution in [0.15, 0.2) is 48.5 Å². The van der Waals surface area contributed by atoms with Crippen molar-refractivity contribution in [1.82, 2.24) is 9.78 Å². The van der Waals surface area contributed by atoms with Crippen molar-refractivity contribution in [2.24, 2.45) is 0 Å². The number of nitrogens with one attached hydrogen (secondary N) is 1. The molecule has 0 atom stereocenters. The number of hydrogen-bond donors (Lipinski definition) is 1. The zero-order valence-electron chi connectivity index (χ0n) is 16.9. The lowest BCUT2D eigenvalue weighted by atomic mass is 9.92. The third-order valence-corrected chi connectivity index (χ3v) is 4.84. The molecule has 0 aliphatic rings. The molecule has 3 aromatic rings. The lowest BCUT2D eigenvalue weighted by molar-refractivity contribution is 0.102. The molecule has 3 rings (SSSR count). The van der Waals surface area contributed by atoms with Gasteiger partial charge in [0.2, 0.25) is 0 Å². The van der Waals surface area contributed by atoms with Crippen LogP contribution in [0.4, 0.5) is 5.82 Å². The van der Waals surface area contributed by atoms with E-state index in [1.807, 2.05) is 54.1 Å². The van der Waals surface area contributed by atoms with Gasteiger partial charge in [0.05, 0.1) is 11.4 Å². The van der Waals surface area contributed by atoms with Crippen molar-refractivity contribution in [3.63, 3.8) is 0 Å². The van der Waals surface area contributed by atoms with E-state index < -0.39 is 0 Å². The molecular weight excluding hydrogens is 334 g/mol. The number of amides is 1. The van der Waals surface area contributed by atoms with Gasteiger partial charge in [-0.1, -0.05) is 50.6 Å². The van der Waals surface area contributed by atoms with Gasteiger partial charge in [-0.2, -0.15) is 5.10 Å². The van der Waals surface area contributed by atoms with Gasteiger partial charge in [0.25, 0.3) is 5.91 Å². The van der Waals surface area contributed by atoms with Crippen LogP contribution < -0.4 is 5.32 Å². The lowest BCUT2D eigenvalue weighted by Gasteiger charge is -2.15. The second kappa shape index (κ2) is 7.03. The van der Waals surface area contributed by atoms with Gasteiger partial charge in [-0.3, -0.25) is 4.79 Å². The highest BCUT2D eigenvalue weighted by Gasteiger charge is 2.22. The molecular formula is C23H27N3O. The summed E-state index contributed by atoms with van der Waals surface area (Å²) in [6.45, 7) is 12.5. The summed E-state index contributed by atoms with van der Waals surface area (Å²) in [6.07, 6.45) is 0. The van der Waals surface area contributed by atoms with Crippen LogP contribution in [0.3, 0.4) is 0 Å². The van der Waals surface area contributed by atoms with Crippen LogP contribution in [0.25, 0.3) is 5.69 Å². The normalized spacial score (nSPS) is 11.5. The van der Waals surface area contributed by atoms with E-state index in [9.17, 15) is 4.79 Å². The van der Waals surface area contributed by atoms with Crippen LogP contribution in [-0.4, -0.2) is 15.7 Å². The predicted molar refractivity (Wildman–Crippen MR) is 111 cm³/mol. The molecule has 0 radical (unpaired) electrons. The summed E-state index contributed by atoms with van der Waals surface area (Å²) in [7, 11) is 0. The highest BCUT2D eigenvalue weighted by Crippen LogP contribution is 2.28. The Bertz CT molecular complexity index is 976. The number of aryl methyl sites for hydroxylation is 2. The highest BCUT2D eigenvalue weighted by atomic mass is 16.1. The molecule has 1 amide bonds. The van der Waals surface area contributed by atoms with E-state index in [4.69, 9.17) is 5.10 Å². The van der Waals surface area contributed by atoms with Crippen molar-refractivity contribution >= 4 is 11.7 Å². The van der Waals surface area contributed by atoms with Gasteiger partial charge in [-0.05, 0) is 50.1 Å². The molecule has 4 heteroatoms. The van der Waals surface area contributed by atoms with E-state index in [1.165, 1.54) is 5.56 Å². The van der Waals surface area contributed by atoms with Gasteiger partial charge in [0.1, 0.15) is 5.82 Å². The Morgan fingerprint density at radius 2 is 1.67 bits per heavy atom. The van der Waals surface area contributed by atoms with Crippen LogP contribution >= 0.6 is 0 Å². The Kier molecular flexibility index (Phi) is 4.92. The molecule has 0 aliphatic carbocycles. The zero-order chi connectivity index (χ0) is 19.8. The Balaban J connectivity index is 2.05. The molecule has 0 bridgehead atoms. The molecule has 0 aliphatic heterocycles. The first-order chi connectivity index (χ1) is 12.7. The molecule has 2 aromatic carbocycles. The average molecular weight is 361 g/mol. The van der Waals surface area contributed by atoms with Crippen LogP contribution in [0.2, 0.25) is 0 Å². The molecule has 0 saturated carbocycles. The fraction of sp³-hybridized carbons (Fsp3) is 0.304. The van der Waals surface area contributed by atoms with Crippen LogP contribution in [0.1, 0.15) is 53.5 Å². The summed E-state index contributed by atoms with van der Waals surface area (Å²) in [4.78, 5) is 12.8. The maximum absolute atomic E-state index is 12.8. The van der Waals surface area contributed by atoms with E-state index in [1.54, 1.807) is 0 Å². The van der Waals surface area contributed by atoms with Crippen molar-refractivity contribution in [3.05, 3.63) is 76.5 Å². The first-order valence-corrected chi connectivity index (χ1v) is 9.22. The standard InChI is InChI=1S/C23H27N3O/c1-15-10-12-18(13-11-15)22(27)24-21-14-20(23(4,5)6)25-26(21)19-9-7-8-16(2)17(19)3/h7-14H,1-6H3,(H,24,27). The SMILES string of the molecule is Cc1ccc(C(=O)Nc2cc(C(C)(C)C)nn2-c2cccc(C)c2C)cc1. The number of hydrogen-bond acceptors (Lipinski definition) is 2. The summed E-state index contributed by atoms with van der Waals surface area (Å²) >= 11 is 0. The van der Waals surface area contributed by atoms with Gasteiger partial charge < -0.3 is 5.32 Å². The van der Waals surface area contributed by atoms with Crippen molar-refractivity contribution in [3.8, 4) is 5.69 Å². The number of rotatable bonds is 3. The van der Waals surface area contributed by atoms with E-state index in [0.717, 1.165) is 22.5 Å². The quantitative estimate of drug-likeness (QED) is 0.684. The number of carbonyl (C=O) groups is 1. The molecule has 0 unspecified atom stereocenters. The van der Waals surface area contributed by atoms with E-state index in [-0.39, 0.29) is 11.3 Å². The second-order valence-corrected chi connectivity index (χ2v) is 8.12. The number of nitrogens with zero attached hydrogens (tertiary/aromatic N) is 2. The maximum Gasteiger partial charge on any atom is 0.256 e. The molecule has 140 valence electrons. The van der Waals surface area contributed by atoms with Gasteiger partial charge in [-0.15, -0.1) is 0 Å². The summed E-state index contributed by atoms with van der Waals surface area (Å²) in [5, 5.41) is 7.86. The monoisotopic (exact) mass is 361 g/mol. The number of benzene rings is 2. The average Bonchev–Trinajstić information content (AvgIpc) is 3.02. The molecule has 1 N–H and O–H groups in total. The summed E-state index contributed by atoms with van der Waals surface area (Å²) < 4.78 is 1.84. The van der Waals surface area contributed by atoms with Gasteiger partial charge in [-0.25, -0.2) is 4.68 Å². The molecule has 27 heavy (non-hydrogen) atoms. The third kappa shape index (κ3) is 3.95. The minimum atomic E-state index is -0.137. The summed E-state index contributed by atoms with van der Waals surface area (Å²) in [5.41, 5.74) is 5.88. The summed E-state index contributed by atoms with van der Waals surface area (Å²) in [5.74, 6) is 0.543. The Hall–Kier alpha value is -2.88. The van der Waals surface area contributed by atoms with Gasteiger partial charge in [0.15, 0.2) is 0 Å². The zero-order valence-corrected chi connectivity index (χ0v) is 16.9. The van der Waals surface area contributed by atoms with Crippen LogP contribution in [-0.2, 0) is 5.41 Å². The van der Waals surface area contributed by atoms with E-state index in [2.05, 4.69) is 46.0 Å². The molecule has 0 saturated heterocycles. The van der Waals surface area contributed by atoms with Crippen molar-refractivity contribution < 1.29 is 4.79 Å². The molecule has 0 spiro atoms. The number of carbonyl (C=O) groups excluding carboxylic acids is 1. The van der Waals surface area contributed by atoms with E-state index in [0.29, 0.717) is 11.4 Å². The van der Waals surface area contributed by atoms with E-state index >= 15 is 0 Å². The molecule has 0 fully saturated rings. The Labute approximate surface area is 161 Å². The number of anilines is 1. The minimum Gasteiger partial charge on any atom is -0.306 e. The molecule has 4 nitrogen and oxygen atoms in total. The first-order valence-electron chi connectivity index (χ1n) is 9.22. The number of aromatic nitrogens is 2. The van der Waals surface area contributed by atoms with Crippen molar-refractivity contribution in [2.75, 3.05) is 5.32 Å². The fourth-order valence-corrected chi connectivity index (χ4v) is 2.88. The molecule has 1 aromatic heterocycles. The largest absolute Gasteiger partial charge is 0.306 e. The summed E-state index contributed by atoms with van der Waals surface area (Å²) in [6, 6.07) is 15.7. The minimum absolute atomic E-state index is 0.119. The van der Waals surface area contributed by atoms with Crippen molar-refractivity contribution in [2.45, 2.75) is 47.0 Å². The molecule has 1 heterocycles. The van der Waals surface area contributed by atoms with Crippen LogP contribution in [0, 0.1) is 20.8 Å². The Morgan fingerprint density at radius 1 is 1.00 bits per heavy atom. The first kappa shape index (κ1) is 18.9. The topological polar surface area (TPSA) is 46.9 Å². The second-order valence-electron chi connectivity index (χ2n) is 8.12. The fourth-order valence-electron chi connectivity index (χ4n) is 2.88. The van der Waals surface area contributed by atoms with Crippen molar-refractivity contribution in [1.29, 1.82) is 0 Å². The van der Waals surface area contributed by atoms with Gasteiger partial charge in [0, 0.05) is 17.0 Å².